The Morgan fingerprint density at radius 3 is 2.72 bits per heavy atom. The quantitative estimate of drug-likeness (QED) is 0.900. The van der Waals surface area contributed by atoms with E-state index < -0.39 is 11.4 Å². The fraction of sp³-hybridized carbons (Fsp3) is 0.462. The van der Waals surface area contributed by atoms with E-state index in [0.29, 0.717) is 4.47 Å². The van der Waals surface area contributed by atoms with E-state index in [1.165, 1.54) is 12.1 Å². The normalized spacial score (nSPS) is 17.7. The van der Waals surface area contributed by atoms with Gasteiger partial charge < -0.3 is 11.1 Å². The van der Waals surface area contributed by atoms with E-state index in [1.807, 2.05) is 0 Å². The first kappa shape index (κ1) is 13.5. The summed E-state index contributed by atoms with van der Waals surface area (Å²) in [6.45, 7) is 0. The molecule has 3 N–H and O–H groups in total. The number of nitrogens with two attached hydrogens (primary N) is 1. The minimum atomic E-state index is -0.449. The lowest BCUT2D eigenvalue weighted by atomic mass is 9.94. The van der Waals surface area contributed by atoms with Crippen molar-refractivity contribution < 1.29 is 9.18 Å². The molecule has 0 atom stereocenters. The highest BCUT2D eigenvalue weighted by Crippen LogP contribution is 2.30. The zero-order valence-corrected chi connectivity index (χ0v) is 11.6. The van der Waals surface area contributed by atoms with Gasteiger partial charge in [-0.1, -0.05) is 28.8 Å². The molecule has 0 spiro atoms. The van der Waals surface area contributed by atoms with Gasteiger partial charge in [0.1, 0.15) is 5.82 Å². The molecule has 18 heavy (non-hydrogen) atoms. The summed E-state index contributed by atoms with van der Waals surface area (Å²) >= 11 is 3.17. The molecular weight excluding hydrogens is 299 g/mol. The van der Waals surface area contributed by atoms with Crippen molar-refractivity contribution in [1.82, 2.24) is 0 Å². The van der Waals surface area contributed by atoms with Crippen LogP contribution in [0.25, 0.3) is 0 Å². The fourth-order valence-electron chi connectivity index (χ4n) is 2.36. The summed E-state index contributed by atoms with van der Waals surface area (Å²) in [5, 5.41) is 2.57. The van der Waals surface area contributed by atoms with Crippen LogP contribution in [0.2, 0.25) is 0 Å². The number of benzene rings is 1. The van der Waals surface area contributed by atoms with Gasteiger partial charge in [0.15, 0.2) is 0 Å². The van der Waals surface area contributed by atoms with Crippen molar-refractivity contribution in [2.75, 3.05) is 5.32 Å². The summed E-state index contributed by atoms with van der Waals surface area (Å²) < 4.78 is 14.2. The Labute approximate surface area is 114 Å². The summed E-state index contributed by atoms with van der Waals surface area (Å²) in [5.74, 6) is -0.671. The predicted octanol–water partition coefficient (Wildman–Crippen LogP) is 3.19. The van der Waals surface area contributed by atoms with Gasteiger partial charge in [0.25, 0.3) is 0 Å². The van der Waals surface area contributed by atoms with Crippen molar-refractivity contribution in [3.05, 3.63) is 28.5 Å². The Hall–Kier alpha value is -0.940. The van der Waals surface area contributed by atoms with Crippen LogP contribution in [0.5, 0.6) is 0 Å². The van der Waals surface area contributed by atoms with Gasteiger partial charge in [-0.25, -0.2) is 4.39 Å². The molecule has 0 unspecified atom stereocenters. The number of rotatable bonds is 3. The molecule has 0 aromatic heterocycles. The third kappa shape index (κ3) is 3.29. The van der Waals surface area contributed by atoms with Gasteiger partial charge in [0.05, 0.1) is 5.69 Å². The summed E-state index contributed by atoms with van der Waals surface area (Å²) in [6.07, 6.45) is 4.11. The molecule has 0 heterocycles. The average Bonchev–Trinajstić information content (AvgIpc) is 2.69. The van der Waals surface area contributed by atoms with Crippen LogP contribution in [0.4, 0.5) is 10.1 Å². The second-order valence-corrected chi connectivity index (χ2v) is 5.83. The van der Waals surface area contributed by atoms with E-state index in [9.17, 15) is 9.18 Å². The molecule has 1 aromatic rings. The molecule has 1 aromatic carbocycles. The first-order chi connectivity index (χ1) is 8.48. The first-order valence-corrected chi connectivity index (χ1v) is 6.82. The summed E-state index contributed by atoms with van der Waals surface area (Å²) in [6, 6.07) is 4.55. The zero-order chi connectivity index (χ0) is 13.2. The van der Waals surface area contributed by atoms with Gasteiger partial charge >= 0.3 is 0 Å². The lowest BCUT2D eigenvalue weighted by Gasteiger charge is -2.22. The molecule has 0 aliphatic heterocycles. The molecule has 5 heteroatoms. The van der Waals surface area contributed by atoms with E-state index in [4.69, 9.17) is 5.73 Å². The lowest BCUT2D eigenvalue weighted by Crippen LogP contribution is -2.40. The van der Waals surface area contributed by atoms with E-state index in [0.717, 1.165) is 25.7 Å². The summed E-state index contributed by atoms with van der Waals surface area (Å²) in [5.41, 5.74) is 5.91. The Kier molecular flexibility index (Phi) is 4.02. The van der Waals surface area contributed by atoms with Crippen LogP contribution in [0, 0.1) is 5.82 Å². The third-order valence-corrected chi connectivity index (χ3v) is 3.81. The highest BCUT2D eigenvalue weighted by Gasteiger charge is 2.31. The van der Waals surface area contributed by atoms with Crippen molar-refractivity contribution >= 4 is 27.5 Å². The van der Waals surface area contributed by atoms with Gasteiger partial charge in [-0.3, -0.25) is 4.79 Å². The number of carbonyl (C=O) groups excluding carboxylic acids is 1. The molecule has 1 aliphatic rings. The zero-order valence-electron chi connectivity index (χ0n) is 10.0. The second kappa shape index (κ2) is 5.36. The number of anilines is 1. The fourth-order valence-corrected chi connectivity index (χ4v) is 2.69. The third-order valence-electron chi connectivity index (χ3n) is 3.32. The predicted molar refractivity (Wildman–Crippen MR) is 72.7 cm³/mol. The van der Waals surface area contributed by atoms with Gasteiger partial charge in [-0.05, 0) is 31.0 Å². The smallest absolute Gasteiger partial charge is 0.226 e. The van der Waals surface area contributed by atoms with Crippen LogP contribution in [0.1, 0.15) is 32.1 Å². The van der Waals surface area contributed by atoms with E-state index >= 15 is 0 Å². The molecule has 3 nitrogen and oxygen atoms in total. The highest BCUT2D eigenvalue weighted by molar-refractivity contribution is 9.10. The minimum absolute atomic E-state index is 0.199. The average molecular weight is 315 g/mol. The molecule has 1 saturated carbocycles. The first-order valence-electron chi connectivity index (χ1n) is 6.02. The van der Waals surface area contributed by atoms with E-state index in [-0.39, 0.29) is 18.0 Å². The number of carbonyl (C=O) groups is 1. The molecule has 1 fully saturated rings. The van der Waals surface area contributed by atoms with Crippen LogP contribution >= 0.6 is 15.9 Å². The van der Waals surface area contributed by atoms with Crippen molar-refractivity contribution in [2.45, 2.75) is 37.6 Å². The maximum atomic E-state index is 13.5. The monoisotopic (exact) mass is 314 g/mol. The van der Waals surface area contributed by atoms with Crippen LogP contribution in [-0.4, -0.2) is 11.4 Å². The number of hydrogen-bond acceptors (Lipinski definition) is 2. The van der Waals surface area contributed by atoms with Crippen LogP contribution in [-0.2, 0) is 4.79 Å². The van der Waals surface area contributed by atoms with Crippen LogP contribution in [0.3, 0.4) is 0 Å². The highest BCUT2D eigenvalue weighted by atomic mass is 79.9. The molecular formula is C13H16BrFN2O. The topological polar surface area (TPSA) is 55.1 Å². The number of halogens is 2. The number of hydrogen-bond donors (Lipinski definition) is 2. The van der Waals surface area contributed by atoms with Crippen molar-refractivity contribution in [3.63, 3.8) is 0 Å². The van der Waals surface area contributed by atoms with Gasteiger partial charge in [-0.2, -0.15) is 0 Å². The Morgan fingerprint density at radius 1 is 1.44 bits per heavy atom. The molecule has 2 rings (SSSR count). The maximum Gasteiger partial charge on any atom is 0.226 e. The summed E-state index contributed by atoms with van der Waals surface area (Å²) in [7, 11) is 0. The molecule has 98 valence electrons. The molecule has 0 saturated heterocycles. The standard InChI is InChI=1S/C13H16BrFN2O/c14-9-3-4-11(10(15)7-9)17-12(18)8-13(16)5-1-2-6-13/h3-4,7H,1-2,5-6,8,16H2,(H,17,18). The minimum Gasteiger partial charge on any atom is -0.325 e. The second-order valence-electron chi connectivity index (χ2n) is 4.92. The number of amides is 1. The molecule has 1 aliphatic carbocycles. The molecule has 0 radical (unpaired) electrons. The number of nitrogens with one attached hydrogen (secondary N) is 1. The lowest BCUT2D eigenvalue weighted by molar-refractivity contribution is -0.117. The van der Waals surface area contributed by atoms with Crippen molar-refractivity contribution in [3.8, 4) is 0 Å². The Balaban J connectivity index is 1.98. The van der Waals surface area contributed by atoms with E-state index in [1.54, 1.807) is 6.07 Å². The molecule has 1 amide bonds. The Bertz CT molecular complexity index is 458. The summed E-state index contributed by atoms with van der Waals surface area (Å²) in [4.78, 5) is 11.8. The van der Waals surface area contributed by atoms with Crippen LogP contribution in [0.15, 0.2) is 22.7 Å². The maximum absolute atomic E-state index is 13.5. The Morgan fingerprint density at radius 2 is 2.11 bits per heavy atom. The van der Waals surface area contributed by atoms with Gasteiger partial charge in [-0.15, -0.1) is 0 Å². The van der Waals surface area contributed by atoms with Gasteiger partial charge in [0.2, 0.25) is 5.91 Å². The van der Waals surface area contributed by atoms with Crippen molar-refractivity contribution in [2.24, 2.45) is 5.73 Å². The van der Waals surface area contributed by atoms with Crippen molar-refractivity contribution in [1.29, 1.82) is 0 Å². The van der Waals surface area contributed by atoms with Gasteiger partial charge in [0, 0.05) is 16.4 Å². The van der Waals surface area contributed by atoms with Crippen LogP contribution < -0.4 is 11.1 Å². The molecule has 0 bridgehead atoms. The SMILES string of the molecule is NC1(CC(=O)Nc2ccc(Br)cc2F)CCCC1. The van der Waals surface area contributed by atoms with E-state index in [2.05, 4.69) is 21.2 Å². The largest absolute Gasteiger partial charge is 0.325 e.